The molecule has 0 aromatic rings. The summed E-state index contributed by atoms with van der Waals surface area (Å²) in [4.78, 5) is 0. The molecule has 0 aromatic heterocycles. The first-order chi connectivity index (χ1) is 6.36. The van der Waals surface area contributed by atoms with Gasteiger partial charge < -0.3 is 5.32 Å². The van der Waals surface area contributed by atoms with Crippen LogP contribution in [-0.2, 0) is 0 Å². The van der Waals surface area contributed by atoms with Crippen molar-refractivity contribution in [2.75, 3.05) is 13.1 Å². The quantitative estimate of drug-likeness (QED) is 0.699. The molecule has 0 unspecified atom stereocenters. The third kappa shape index (κ3) is 1.63. The molecule has 3 aliphatic rings. The fourth-order valence-corrected chi connectivity index (χ4v) is 3.21. The van der Waals surface area contributed by atoms with Crippen molar-refractivity contribution in [1.29, 1.82) is 0 Å². The van der Waals surface area contributed by atoms with Crippen LogP contribution in [0.5, 0.6) is 0 Å². The van der Waals surface area contributed by atoms with E-state index in [0.717, 1.165) is 17.3 Å². The predicted octanol–water partition coefficient (Wildman–Crippen LogP) is 2.57. The standard InChI is InChI=1S/C12H21N/c1-4-12(5-1)6-11(7-12)9-13-8-10-2-3-10/h10-11,13H,1-9H2. The van der Waals surface area contributed by atoms with Crippen LogP contribution >= 0.6 is 0 Å². The third-order valence-corrected chi connectivity index (χ3v) is 4.42. The molecule has 1 heteroatoms. The van der Waals surface area contributed by atoms with Gasteiger partial charge in [0.2, 0.25) is 0 Å². The van der Waals surface area contributed by atoms with E-state index >= 15 is 0 Å². The number of nitrogens with one attached hydrogen (secondary N) is 1. The molecule has 1 spiro atoms. The maximum absolute atomic E-state index is 3.64. The van der Waals surface area contributed by atoms with Gasteiger partial charge in [-0.05, 0) is 68.9 Å². The molecule has 3 saturated carbocycles. The van der Waals surface area contributed by atoms with E-state index < -0.39 is 0 Å². The first kappa shape index (κ1) is 8.28. The lowest BCUT2D eigenvalue weighted by Crippen LogP contribution is -2.46. The molecule has 3 fully saturated rings. The highest BCUT2D eigenvalue weighted by molar-refractivity contribution is 4.99. The third-order valence-electron chi connectivity index (χ3n) is 4.42. The van der Waals surface area contributed by atoms with Crippen LogP contribution in [0, 0.1) is 17.3 Å². The zero-order valence-corrected chi connectivity index (χ0v) is 8.52. The molecule has 1 nitrogen and oxygen atoms in total. The summed E-state index contributed by atoms with van der Waals surface area (Å²) in [7, 11) is 0. The van der Waals surface area contributed by atoms with E-state index in [1.807, 2.05) is 0 Å². The second-order valence-corrected chi connectivity index (χ2v) is 5.73. The van der Waals surface area contributed by atoms with Gasteiger partial charge in [0.25, 0.3) is 0 Å². The normalized spacial score (nSPS) is 31.4. The van der Waals surface area contributed by atoms with Crippen molar-refractivity contribution < 1.29 is 0 Å². The molecule has 0 bridgehead atoms. The van der Waals surface area contributed by atoms with Crippen molar-refractivity contribution in [3.63, 3.8) is 0 Å². The second kappa shape index (κ2) is 2.98. The maximum Gasteiger partial charge on any atom is -0.00200 e. The van der Waals surface area contributed by atoms with Gasteiger partial charge in [-0.15, -0.1) is 0 Å². The summed E-state index contributed by atoms with van der Waals surface area (Å²) in [6.07, 6.45) is 10.7. The highest BCUT2D eigenvalue weighted by atomic mass is 14.9. The summed E-state index contributed by atoms with van der Waals surface area (Å²) >= 11 is 0. The van der Waals surface area contributed by atoms with Crippen molar-refractivity contribution in [3.05, 3.63) is 0 Å². The smallest absolute Gasteiger partial charge is 0.00200 e. The molecule has 1 N–H and O–H groups in total. The van der Waals surface area contributed by atoms with Gasteiger partial charge in [0.15, 0.2) is 0 Å². The van der Waals surface area contributed by atoms with Crippen molar-refractivity contribution in [3.8, 4) is 0 Å². The second-order valence-electron chi connectivity index (χ2n) is 5.73. The minimum atomic E-state index is 0.881. The summed E-state index contributed by atoms with van der Waals surface area (Å²) in [5.74, 6) is 2.09. The molecule has 13 heavy (non-hydrogen) atoms. The van der Waals surface area contributed by atoms with Crippen LogP contribution in [0.2, 0.25) is 0 Å². The molecule has 0 saturated heterocycles. The molecule has 3 aliphatic carbocycles. The van der Waals surface area contributed by atoms with E-state index in [1.165, 1.54) is 32.4 Å². The van der Waals surface area contributed by atoms with Gasteiger partial charge in [-0.25, -0.2) is 0 Å². The molecule has 0 aliphatic heterocycles. The van der Waals surface area contributed by atoms with Crippen LogP contribution in [0.1, 0.15) is 44.9 Å². The van der Waals surface area contributed by atoms with Crippen LogP contribution < -0.4 is 5.32 Å². The van der Waals surface area contributed by atoms with Gasteiger partial charge in [-0.1, -0.05) is 6.42 Å². The van der Waals surface area contributed by atoms with Gasteiger partial charge >= 0.3 is 0 Å². The first-order valence-corrected chi connectivity index (χ1v) is 6.07. The minimum absolute atomic E-state index is 0.881. The molecule has 0 radical (unpaired) electrons. The van der Waals surface area contributed by atoms with Gasteiger partial charge in [0, 0.05) is 0 Å². The number of hydrogen-bond acceptors (Lipinski definition) is 1. The van der Waals surface area contributed by atoms with Crippen LogP contribution in [0.4, 0.5) is 0 Å². The maximum atomic E-state index is 3.64. The summed E-state index contributed by atoms with van der Waals surface area (Å²) in [5.41, 5.74) is 0.881. The van der Waals surface area contributed by atoms with Crippen LogP contribution in [-0.4, -0.2) is 13.1 Å². The number of rotatable bonds is 4. The van der Waals surface area contributed by atoms with Crippen LogP contribution in [0.25, 0.3) is 0 Å². The molecular weight excluding hydrogens is 158 g/mol. The zero-order valence-electron chi connectivity index (χ0n) is 8.52. The Kier molecular flexibility index (Phi) is 1.90. The van der Waals surface area contributed by atoms with Crippen LogP contribution in [0.3, 0.4) is 0 Å². The predicted molar refractivity (Wildman–Crippen MR) is 54.6 cm³/mol. The Labute approximate surface area is 81.3 Å². The van der Waals surface area contributed by atoms with E-state index in [1.54, 1.807) is 25.7 Å². The van der Waals surface area contributed by atoms with Crippen molar-refractivity contribution >= 4 is 0 Å². The van der Waals surface area contributed by atoms with Gasteiger partial charge in [0.05, 0.1) is 0 Å². The summed E-state index contributed by atoms with van der Waals surface area (Å²) in [6, 6.07) is 0. The Balaban J connectivity index is 1.30. The topological polar surface area (TPSA) is 12.0 Å². The Morgan fingerprint density at radius 2 is 1.69 bits per heavy atom. The van der Waals surface area contributed by atoms with Crippen molar-refractivity contribution in [2.24, 2.45) is 17.3 Å². The molecule has 0 aromatic carbocycles. The Morgan fingerprint density at radius 3 is 2.23 bits per heavy atom. The largest absolute Gasteiger partial charge is 0.316 e. The first-order valence-electron chi connectivity index (χ1n) is 6.07. The summed E-state index contributed by atoms with van der Waals surface area (Å²) < 4.78 is 0. The molecule has 3 rings (SSSR count). The molecule has 74 valence electrons. The summed E-state index contributed by atoms with van der Waals surface area (Å²) in [6.45, 7) is 2.63. The van der Waals surface area contributed by atoms with Crippen molar-refractivity contribution in [1.82, 2.24) is 5.32 Å². The minimum Gasteiger partial charge on any atom is -0.316 e. The SMILES string of the molecule is C1CC2(C1)CC(CNCC1CC1)C2. The Hall–Kier alpha value is -0.0400. The van der Waals surface area contributed by atoms with Crippen molar-refractivity contribution in [2.45, 2.75) is 44.9 Å². The lowest BCUT2D eigenvalue weighted by atomic mass is 9.52. The van der Waals surface area contributed by atoms with Gasteiger partial charge in [0.1, 0.15) is 0 Å². The Morgan fingerprint density at radius 1 is 1.00 bits per heavy atom. The lowest BCUT2D eigenvalue weighted by molar-refractivity contribution is -0.0235. The monoisotopic (exact) mass is 179 g/mol. The van der Waals surface area contributed by atoms with E-state index in [2.05, 4.69) is 5.32 Å². The summed E-state index contributed by atoms with van der Waals surface area (Å²) in [5, 5.41) is 3.64. The van der Waals surface area contributed by atoms with Gasteiger partial charge in [-0.3, -0.25) is 0 Å². The van der Waals surface area contributed by atoms with E-state index in [4.69, 9.17) is 0 Å². The zero-order chi connectivity index (χ0) is 8.73. The highest BCUT2D eigenvalue weighted by Crippen LogP contribution is 2.58. The molecule has 0 atom stereocenters. The molecular formula is C12H21N. The van der Waals surface area contributed by atoms with Gasteiger partial charge in [-0.2, -0.15) is 0 Å². The van der Waals surface area contributed by atoms with Crippen LogP contribution in [0.15, 0.2) is 0 Å². The average molecular weight is 179 g/mol. The average Bonchev–Trinajstić information content (AvgIpc) is 2.73. The fourth-order valence-electron chi connectivity index (χ4n) is 3.21. The lowest BCUT2D eigenvalue weighted by Gasteiger charge is -2.54. The van der Waals surface area contributed by atoms with E-state index in [0.29, 0.717) is 0 Å². The highest BCUT2D eigenvalue weighted by Gasteiger charge is 2.47. The van der Waals surface area contributed by atoms with E-state index in [9.17, 15) is 0 Å². The number of hydrogen-bond donors (Lipinski definition) is 1. The molecule has 0 heterocycles. The Bertz CT molecular complexity index is 183. The fraction of sp³-hybridized carbons (Fsp3) is 1.00. The van der Waals surface area contributed by atoms with E-state index in [-0.39, 0.29) is 0 Å². The molecule has 0 amide bonds.